The van der Waals surface area contributed by atoms with Crippen LogP contribution in [0.5, 0.6) is 5.75 Å². The largest absolute Gasteiger partial charge is 0.483 e. The van der Waals surface area contributed by atoms with Gasteiger partial charge < -0.3 is 4.74 Å². The highest BCUT2D eigenvalue weighted by molar-refractivity contribution is 8.00. The quantitative estimate of drug-likeness (QED) is 0.461. The number of carbonyl (C=O) groups is 1. The maximum absolute atomic E-state index is 12.1. The molecule has 3 rings (SSSR count). The SMILES string of the molecule is Cc1cccc(C)c1OCC(=O)Nc1nnc(SCc2ccc(C#N)cc2)s1. The Hall–Kier alpha value is -2.89. The second-order valence-electron chi connectivity index (χ2n) is 6.03. The number of nitrogens with one attached hydrogen (secondary N) is 1. The molecule has 28 heavy (non-hydrogen) atoms. The topological polar surface area (TPSA) is 87.9 Å². The van der Waals surface area contributed by atoms with Crippen LogP contribution in [0.3, 0.4) is 0 Å². The molecule has 0 spiro atoms. The Bertz CT molecular complexity index is 990. The van der Waals surface area contributed by atoms with Crippen LogP contribution in [0.4, 0.5) is 5.13 Å². The fourth-order valence-electron chi connectivity index (χ4n) is 2.46. The molecule has 3 aromatic rings. The minimum absolute atomic E-state index is 0.0843. The Kier molecular flexibility index (Phi) is 6.63. The van der Waals surface area contributed by atoms with Crippen LogP contribution in [-0.2, 0) is 10.5 Å². The van der Waals surface area contributed by atoms with E-state index in [-0.39, 0.29) is 12.5 Å². The van der Waals surface area contributed by atoms with Crippen molar-refractivity contribution >= 4 is 34.1 Å². The van der Waals surface area contributed by atoms with Gasteiger partial charge in [-0.25, -0.2) is 0 Å². The van der Waals surface area contributed by atoms with E-state index in [0.29, 0.717) is 16.4 Å². The van der Waals surface area contributed by atoms with E-state index in [1.807, 2.05) is 44.2 Å². The molecule has 0 bridgehead atoms. The fourth-order valence-corrected chi connectivity index (χ4v) is 4.18. The molecule has 0 saturated carbocycles. The molecule has 142 valence electrons. The van der Waals surface area contributed by atoms with Gasteiger partial charge in [0.15, 0.2) is 10.9 Å². The summed E-state index contributed by atoms with van der Waals surface area (Å²) >= 11 is 2.85. The summed E-state index contributed by atoms with van der Waals surface area (Å²) < 4.78 is 6.41. The lowest BCUT2D eigenvalue weighted by Crippen LogP contribution is -2.20. The number of para-hydroxylation sites is 1. The summed E-state index contributed by atoms with van der Waals surface area (Å²) in [4.78, 5) is 12.1. The first-order valence-corrected chi connectivity index (χ1v) is 10.3. The molecule has 0 saturated heterocycles. The highest BCUT2D eigenvalue weighted by Gasteiger charge is 2.11. The van der Waals surface area contributed by atoms with Crippen LogP contribution in [0.1, 0.15) is 22.3 Å². The molecule has 0 aliphatic rings. The number of nitriles is 1. The Morgan fingerprint density at radius 2 is 1.89 bits per heavy atom. The average Bonchev–Trinajstić information content (AvgIpc) is 3.13. The van der Waals surface area contributed by atoms with E-state index in [4.69, 9.17) is 10.00 Å². The Morgan fingerprint density at radius 3 is 2.57 bits per heavy atom. The molecule has 0 aliphatic carbocycles. The number of nitrogens with zero attached hydrogens (tertiary/aromatic N) is 3. The number of ether oxygens (including phenoxy) is 1. The number of thioether (sulfide) groups is 1. The van der Waals surface area contributed by atoms with Crippen LogP contribution < -0.4 is 10.1 Å². The lowest BCUT2D eigenvalue weighted by atomic mass is 10.1. The van der Waals surface area contributed by atoms with Gasteiger partial charge in [0.05, 0.1) is 11.6 Å². The second kappa shape index (κ2) is 9.35. The normalized spacial score (nSPS) is 10.3. The van der Waals surface area contributed by atoms with Gasteiger partial charge in [0.25, 0.3) is 5.91 Å². The number of benzene rings is 2. The Labute approximate surface area is 171 Å². The molecule has 0 radical (unpaired) electrons. The van der Waals surface area contributed by atoms with Crippen molar-refractivity contribution in [2.75, 3.05) is 11.9 Å². The number of carbonyl (C=O) groups excluding carboxylic acids is 1. The van der Waals surface area contributed by atoms with Crippen molar-refractivity contribution in [3.63, 3.8) is 0 Å². The summed E-state index contributed by atoms with van der Waals surface area (Å²) in [5.41, 5.74) is 3.71. The van der Waals surface area contributed by atoms with Gasteiger partial charge in [-0.15, -0.1) is 10.2 Å². The monoisotopic (exact) mass is 410 g/mol. The molecule has 0 unspecified atom stereocenters. The van der Waals surface area contributed by atoms with Crippen molar-refractivity contribution < 1.29 is 9.53 Å². The van der Waals surface area contributed by atoms with E-state index in [0.717, 1.165) is 26.8 Å². The van der Waals surface area contributed by atoms with Crippen molar-refractivity contribution in [1.29, 1.82) is 5.26 Å². The third-order valence-corrected chi connectivity index (χ3v) is 5.90. The smallest absolute Gasteiger partial charge is 0.264 e. The zero-order chi connectivity index (χ0) is 19.9. The second-order valence-corrected chi connectivity index (χ2v) is 8.23. The average molecular weight is 411 g/mol. The summed E-state index contributed by atoms with van der Waals surface area (Å²) in [6.45, 7) is 3.81. The number of hydrogen-bond acceptors (Lipinski definition) is 7. The van der Waals surface area contributed by atoms with Crippen LogP contribution in [0.15, 0.2) is 46.8 Å². The molecule has 1 heterocycles. The van der Waals surface area contributed by atoms with Gasteiger partial charge in [0.1, 0.15) is 5.75 Å². The number of rotatable bonds is 7. The molecule has 6 nitrogen and oxygen atoms in total. The highest BCUT2D eigenvalue weighted by Crippen LogP contribution is 2.28. The first-order chi connectivity index (χ1) is 13.5. The minimum Gasteiger partial charge on any atom is -0.483 e. The van der Waals surface area contributed by atoms with Crippen molar-refractivity contribution in [3.8, 4) is 11.8 Å². The summed E-state index contributed by atoms with van der Waals surface area (Å²) in [5, 5.41) is 20.1. The predicted octanol–water partition coefficient (Wildman–Crippen LogP) is 4.34. The zero-order valence-electron chi connectivity index (χ0n) is 15.4. The molecular formula is C20H18N4O2S2. The van der Waals surface area contributed by atoms with Crippen molar-refractivity contribution in [1.82, 2.24) is 10.2 Å². The molecule has 8 heteroatoms. The number of anilines is 1. The number of aryl methyl sites for hydroxylation is 2. The molecular weight excluding hydrogens is 392 g/mol. The van der Waals surface area contributed by atoms with Gasteiger partial charge in [-0.3, -0.25) is 10.1 Å². The van der Waals surface area contributed by atoms with E-state index in [1.165, 1.54) is 23.1 Å². The van der Waals surface area contributed by atoms with E-state index in [9.17, 15) is 4.79 Å². The van der Waals surface area contributed by atoms with E-state index >= 15 is 0 Å². The van der Waals surface area contributed by atoms with Crippen LogP contribution in [-0.4, -0.2) is 22.7 Å². The van der Waals surface area contributed by atoms with Crippen LogP contribution in [0.25, 0.3) is 0 Å². The fraction of sp³-hybridized carbons (Fsp3) is 0.200. The summed E-state index contributed by atoms with van der Waals surface area (Å²) in [5.74, 6) is 1.17. The minimum atomic E-state index is -0.276. The maximum Gasteiger partial charge on any atom is 0.264 e. The number of hydrogen-bond donors (Lipinski definition) is 1. The van der Waals surface area contributed by atoms with Gasteiger partial charge in [0.2, 0.25) is 5.13 Å². The maximum atomic E-state index is 12.1. The van der Waals surface area contributed by atoms with Gasteiger partial charge in [-0.2, -0.15) is 5.26 Å². The van der Waals surface area contributed by atoms with Gasteiger partial charge >= 0.3 is 0 Å². The van der Waals surface area contributed by atoms with E-state index in [2.05, 4.69) is 21.6 Å². The lowest BCUT2D eigenvalue weighted by molar-refractivity contribution is -0.118. The van der Waals surface area contributed by atoms with Gasteiger partial charge in [-0.05, 0) is 42.7 Å². The molecule has 0 fully saturated rings. The number of aromatic nitrogens is 2. The predicted molar refractivity (Wildman–Crippen MR) is 111 cm³/mol. The summed E-state index contributed by atoms with van der Waals surface area (Å²) in [7, 11) is 0. The molecule has 1 N–H and O–H groups in total. The zero-order valence-corrected chi connectivity index (χ0v) is 17.1. The summed E-state index contributed by atoms with van der Waals surface area (Å²) in [6, 6.07) is 15.4. The third-order valence-electron chi connectivity index (χ3n) is 3.85. The Morgan fingerprint density at radius 1 is 1.18 bits per heavy atom. The van der Waals surface area contributed by atoms with Crippen molar-refractivity contribution in [2.45, 2.75) is 23.9 Å². The first kappa shape index (κ1) is 19.9. The standard InChI is InChI=1S/C20H18N4O2S2/c1-13-4-3-5-14(2)18(13)26-11-17(25)22-19-23-24-20(28-19)27-12-16-8-6-15(10-21)7-9-16/h3-9H,11-12H2,1-2H3,(H,22,23,25). The van der Waals surface area contributed by atoms with Gasteiger partial charge in [0, 0.05) is 5.75 Å². The van der Waals surface area contributed by atoms with Crippen LogP contribution >= 0.6 is 23.1 Å². The summed E-state index contributed by atoms with van der Waals surface area (Å²) in [6.07, 6.45) is 0. The van der Waals surface area contributed by atoms with Crippen LogP contribution in [0, 0.1) is 25.2 Å². The number of amides is 1. The molecule has 0 atom stereocenters. The first-order valence-electron chi connectivity index (χ1n) is 8.49. The van der Waals surface area contributed by atoms with E-state index in [1.54, 1.807) is 12.1 Å². The molecule has 2 aromatic carbocycles. The van der Waals surface area contributed by atoms with Crippen molar-refractivity contribution in [3.05, 3.63) is 64.7 Å². The molecule has 1 aromatic heterocycles. The van der Waals surface area contributed by atoms with Crippen LogP contribution in [0.2, 0.25) is 0 Å². The molecule has 1 amide bonds. The highest BCUT2D eigenvalue weighted by atomic mass is 32.2. The van der Waals surface area contributed by atoms with E-state index < -0.39 is 0 Å². The van der Waals surface area contributed by atoms with Gasteiger partial charge in [-0.1, -0.05) is 53.4 Å². The Balaban J connectivity index is 1.49. The van der Waals surface area contributed by atoms with Crippen molar-refractivity contribution in [2.24, 2.45) is 0 Å². The lowest BCUT2D eigenvalue weighted by Gasteiger charge is -2.11. The third kappa shape index (κ3) is 5.31. The molecule has 0 aliphatic heterocycles.